The van der Waals surface area contributed by atoms with Crippen molar-refractivity contribution in [2.75, 3.05) is 12.0 Å². The molecule has 0 saturated carbocycles. The molecule has 5 rings (SSSR count). The average Bonchev–Trinajstić information content (AvgIpc) is 3.45. The molecule has 3 aromatic rings. The van der Waals surface area contributed by atoms with Crippen LogP contribution >= 0.6 is 0 Å². The highest BCUT2D eigenvalue weighted by Gasteiger charge is 2.54. The number of fused-ring (bicyclic) bond motifs is 1. The van der Waals surface area contributed by atoms with E-state index in [1.54, 1.807) is 31.4 Å². The lowest BCUT2D eigenvalue weighted by Crippen LogP contribution is -2.39. The molecule has 0 N–H and O–H groups in total. The summed E-state index contributed by atoms with van der Waals surface area (Å²) in [5, 5.41) is 9.68. The van der Waals surface area contributed by atoms with Crippen LogP contribution in [0.2, 0.25) is 0 Å². The van der Waals surface area contributed by atoms with Gasteiger partial charge in [-0.05, 0) is 50.2 Å². The second-order valence-corrected chi connectivity index (χ2v) is 7.79. The SMILES string of the molecule is COc1ccc(N2C(=O)[C@H]3N=NN(Cc4nc(-c5ccc(C)cc5)oc4C)[C@@H]3C2=O)cc1. The number of aromatic nitrogens is 1. The van der Waals surface area contributed by atoms with E-state index in [9.17, 15) is 9.59 Å². The Hall–Kier alpha value is -4.01. The Morgan fingerprint density at radius 1 is 1.00 bits per heavy atom. The number of nitrogens with zero attached hydrogens (tertiary/aromatic N) is 5. The summed E-state index contributed by atoms with van der Waals surface area (Å²) in [5.74, 6) is 1.01. The topological polar surface area (TPSA) is 101 Å². The van der Waals surface area contributed by atoms with Crippen molar-refractivity contribution < 1.29 is 18.7 Å². The number of anilines is 1. The monoisotopic (exact) mass is 431 g/mol. The Morgan fingerprint density at radius 2 is 1.72 bits per heavy atom. The molecular formula is C23H21N5O4. The van der Waals surface area contributed by atoms with Gasteiger partial charge in [0, 0.05) is 5.56 Å². The fourth-order valence-electron chi connectivity index (χ4n) is 3.89. The number of rotatable bonds is 5. The van der Waals surface area contributed by atoms with Gasteiger partial charge in [-0.1, -0.05) is 22.9 Å². The minimum atomic E-state index is -0.867. The summed E-state index contributed by atoms with van der Waals surface area (Å²) in [5.41, 5.74) is 3.13. The van der Waals surface area contributed by atoms with Gasteiger partial charge in [0.05, 0.1) is 19.3 Å². The number of aryl methyl sites for hydroxylation is 2. The quantitative estimate of drug-likeness (QED) is 0.574. The van der Waals surface area contributed by atoms with E-state index in [1.807, 2.05) is 38.1 Å². The number of carbonyl (C=O) groups is 2. The van der Waals surface area contributed by atoms with Crippen molar-refractivity contribution in [3.63, 3.8) is 0 Å². The van der Waals surface area contributed by atoms with E-state index in [4.69, 9.17) is 9.15 Å². The van der Waals surface area contributed by atoms with Gasteiger partial charge >= 0.3 is 0 Å². The molecule has 0 aliphatic carbocycles. The fourth-order valence-corrected chi connectivity index (χ4v) is 3.89. The molecule has 0 spiro atoms. The number of amides is 2. The molecular weight excluding hydrogens is 410 g/mol. The van der Waals surface area contributed by atoms with Crippen molar-refractivity contribution in [1.29, 1.82) is 0 Å². The fraction of sp³-hybridized carbons (Fsp3) is 0.261. The maximum atomic E-state index is 13.2. The molecule has 3 heterocycles. The first-order valence-corrected chi connectivity index (χ1v) is 10.2. The minimum Gasteiger partial charge on any atom is -0.497 e. The van der Waals surface area contributed by atoms with Crippen LogP contribution in [-0.4, -0.2) is 41.0 Å². The molecule has 9 heteroatoms. The molecule has 0 bridgehead atoms. The minimum absolute atomic E-state index is 0.210. The van der Waals surface area contributed by atoms with Crippen molar-refractivity contribution in [1.82, 2.24) is 9.99 Å². The molecule has 2 aliphatic heterocycles. The molecule has 1 fully saturated rings. The number of benzene rings is 2. The Labute approximate surface area is 184 Å². The summed E-state index contributed by atoms with van der Waals surface area (Å²) in [4.78, 5) is 31.8. The Bertz CT molecular complexity index is 1220. The predicted octanol–water partition coefficient (Wildman–Crippen LogP) is 3.46. The maximum Gasteiger partial charge on any atom is 0.263 e. The largest absolute Gasteiger partial charge is 0.497 e. The summed E-state index contributed by atoms with van der Waals surface area (Å²) in [7, 11) is 1.56. The van der Waals surface area contributed by atoms with E-state index in [0.717, 1.165) is 16.0 Å². The van der Waals surface area contributed by atoms with Crippen molar-refractivity contribution in [3.05, 3.63) is 65.5 Å². The standard InChI is InChI=1S/C23H21N5O4/c1-13-4-6-15(7-5-13)21-24-18(14(2)32-21)12-27-20-19(25-26-27)22(29)28(23(20)30)16-8-10-17(31-3)11-9-16/h4-11,19-20H,12H2,1-3H3/t19-,20-/m0/s1. The number of imide groups is 1. The van der Waals surface area contributed by atoms with Crippen molar-refractivity contribution in [3.8, 4) is 17.2 Å². The molecule has 1 aromatic heterocycles. The first-order chi connectivity index (χ1) is 15.5. The molecule has 0 unspecified atom stereocenters. The number of hydrogen-bond acceptors (Lipinski definition) is 8. The zero-order valence-electron chi connectivity index (χ0n) is 17.8. The van der Waals surface area contributed by atoms with Gasteiger partial charge < -0.3 is 9.15 Å². The van der Waals surface area contributed by atoms with Crippen LogP contribution in [0.25, 0.3) is 11.5 Å². The van der Waals surface area contributed by atoms with Crippen LogP contribution in [0.1, 0.15) is 17.0 Å². The average molecular weight is 431 g/mol. The molecule has 2 aliphatic rings. The molecule has 1 saturated heterocycles. The van der Waals surface area contributed by atoms with Crippen LogP contribution in [0.15, 0.2) is 63.3 Å². The molecule has 2 aromatic carbocycles. The molecule has 2 amide bonds. The van der Waals surface area contributed by atoms with Crippen LogP contribution < -0.4 is 9.64 Å². The maximum absolute atomic E-state index is 13.2. The highest BCUT2D eigenvalue weighted by molar-refractivity contribution is 6.25. The second kappa shape index (κ2) is 7.60. The van der Waals surface area contributed by atoms with E-state index in [2.05, 4.69) is 15.3 Å². The molecule has 9 nitrogen and oxygen atoms in total. The van der Waals surface area contributed by atoms with E-state index in [-0.39, 0.29) is 12.5 Å². The molecule has 0 radical (unpaired) electrons. The summed E-state index contributed by atoms with van der Waals surface area (Å²) in [6.07, 6.45) is 0. The second-order valence-electron chi connectivity index (χ2n) is 7.79. The smallest absolute Gasteiger partial charge is 0.263 e. The first kappa shape index (κ1) is 19.9. The van der Waals surface area contributed by atoms with E-state index >= 15 is 0 Å². The van der Waals surface area contributed by atoms with Crippen LogP contribution in [-0.2, 0) is 16.1 Å². The van der Waals surface area contributed by atoms with Crippen molar-refractivity contribution in [2.24, 2.45) is 10.3 Å². The van der Waals surface area contributed by atoms with E-state index < -0.39 is 18.0 Å². The first-order valence-electron chi connectivity index (χ1n) is 10.2. The highest BCUT2D eigenvalue weighted by Crippen LogP contribution is 2.34. The number of methoxy groups -OCH3 is 1. The van der Waals surface area contributed by atoms with Crippen LogP contribution in [0, 0.1) is 13.8 Å². The zero-order chi connectivity index (χ0) is 22.4. The van der Waals surface area contributed by atoms with Gasteiger partial charge in [0.25, 0.3) is 11.8 Å². The lowest BCUT2D eigenvalue weighted by atomic mass is 10.1. The van der Waals surface area contributed by atoms with Gasteiger partial charge in [0.1, 0.15) is 17.2 Å². The lowest BCUT2D eigenvalue weighted by molar-refractivity contribution is -0.123. The van der Waals surface area contributed by atoms with Gasteiger partial charge in [-0.2, -0.15) is 5.11 Å². The van der Waals surface area contributed by atoms with Gasteiger partial charge in [-0.25, -0.2) is 9.88 Å². The van der Waals surface area contributed by atoms with E-state index in [0.29, 0.717) is 28.8 Å². The molecule has 162 valence electrons. The highest BCUT2D eigenvalue weighted by atomic mass is 16.5. The van der Waals surface area contributed by atoms with Gasteiger partial charge in [-0.3, -0.25) is 14.6 Å². The van der Waals surface area contributed by atoms with Gasteiger partial charge in [0.2, 0.25) is 5.89 Å². The lowest BCUT2D eigenvalue weighted by Gasteiger charge is -2.20. The van der Waals surface area contributed by atoms with Gasteiger partial charge in [0.15, 0.2) is 12.1 Å². The Kier molecular flexibility index (Phi) is 4.73. The predicted molar refractivity (Wildman–Crippen MR) is 115 cm³/mol. The van der Waals surface area contributed by atoms with Crippen LogP contribution in [0.5, 0.6) is 5.75 Å². The van der Waals surface area contributed by atoms with Crippen molar-refractivity contribution in [2.45, 2.75) is 32.5 Å². The number of carbonyl (C=O) groups excluding carboxylic acids is 2. The zero-order valence-corrected chi connectivity index (χ0v) is 17.8. The Morgan fingerprint density at radius 3 is 2.41 bits per heavy atom. The third-order valence-corrected chi connectivity index (χ3v) is 5.69. The summed E-state index contributed by atoms with van der Waals surface area (Å²) in [6, 6.07) is 13.0. The number of hydrogen-bond donors (Lipinski definition) is 0. The van der Waals surface area contributed by atoms with Crippen LogP contribution in [0.3, 0.4) is 0 Å². The van der Waals surface area contributed by atoms with Crippen LogP contribution in [0.4, 0.5) is 5.69 Å². The summed E-state index contributed by atoms with van der Waals surface area (Å²) < 4.78 is 11.0. The Balaban J connectivity index is 1.38. The van der Waals surface area contributed by atoms with E-state index in [1.165, 1.54) is 5.01 Å². The van der Waals surface area contributed by atoms with Crippen molar-refractivity contribution >= 4 is 17.5 Å². The van der Waals surface area contributed by atoms with Gasteiger partial charge in [-0.15, -0.1) is 0 Å². The molecule has 2 atom stereocenters. The summed E-state index contributed by atoms with van der Waals surface area (Å²) >= 11 is 0. The third-order valence-electron chi connectivity index (χ3n) is 5.69. The number of oxazole rings is 1. The normalized spacial score (nSPS) is 19.7. The molecule has 32 heavy (non-hydrogen) atoms. The number of ether oxygens (including phenoxy) is 1. The third kappa shape index (κ3) is 3.22. The summed E-state index contributed by atoms with van der Waals surface area (Å²) in [6.45, 7) is 4.04.